The molecule has 0 unspecified atom stereocenters. The molecular weight excluding hydrogens is 278 g/mol. The lowest BCUT2D eigenvalue weighted by atomic mass is 10.3. The summed E-state index contributed by atoms with van der Waals surface area (Å²) in [6.07, 6.45) is 1.52. The number of hydrogen-bond acceptors (Lipinski definition) is 7. The fraction of sp³-hybridized carbons (Fsp3) is 0. The number of nitrogens with two attached hydrogens (primary N) is 1. The Morgan fingerprint density at radius 3 is 2.90 bits per heavy atom. The predicted octanol–water partition coefficient (Wildman–Crippen LogP) is 1.86. The Labute approximate surface area is 117 Å². The summed E-state index contributed by atoms with van der Waals surface area (Å²) in [7, 11) is 0. The van der Waals surface area contributed by atoms with Crippen LogP contribution in [0.4, 0.5) is 0 Å². The van der Waals surface area contributed by atoms with Crippen LogP contribution < -0.4 is 5.73 Å². The van der Waals surface area contributed by atoms with E-state index in [1.165, 1.54) is 6.20 Å². The Balaban J connectivity index is 1.90. The molecular formula is C12H9N5O2S. The SMILES string of the molecule is N/C(=N/O)c1ccnc(Sc2nc3ccccc3o2)n1. The van der Waals surface area contributed by atoms with Crippen molar-refractivity contribution in [2.75, 3.05) is 0 Å². The molecule has 0 radical (unpaired) electrons. The maximum atomic E-state index is 8.63. The second kappa shape index (κ2) is 5.17. The Morgan fingerprint density at radius 2 is 2.10 bits per heavy atom. The van der Waals surface area contributed by atoms with E-state index in [0.717, 1.165) is 17.3 Å². The van der Waals surface area contributed by atoms with Crippen molar-refractivity contribution < 1.29 is 9.62 Å². The Hall–Kier alpha value is -2.61. The lowest BCUT2D eigenvalue weighted by molar-refractivity contribution is 0.318. The zero-order valence-corrected chi connectivity index (χ0v) is 10.9. The van der Waals surface area contributed by atoms with E-state index >= 15 is 0 Å². The van der Waals surface area contributed by atoms with Gasteiger partial charge in [-0.05, 0) is 18.2 Å². The minimum atomic E-state index is -0.0770. The summed E-state index contributed by atoms with van der Waals surface area (Å²) >= 11 is 1.16. The standard InChI is InChI=1S/C12H9N5O2S/c13-10(17-18)8-5-6-14-11(15-8)20-12-16-7-3-1-2-4-9(7)19-12/h1-6,18H,(H2,13,17). The monoisotopic (exact) mass is 287 g/mol. The Bertz CT molecular complexity index is 753. The molecule has 0 fully saturated rings. The van der Waals surface area contributed by atoms with Crippen molar-refractivity contribution >= 4 is 28.7 Å². The normalized spacial score (nSPS) is 11.9. The minimum Gasteiger partial charge on any atom is -0.431 e. The molecule has 0 aliphatic carbocycles. The van der Waals surface area contributed by atoms with Crippen LogP contribution in [0.1, 0.15) is 5.69 Å². The van der Waals surface area contributed by atoms with Gasteiger partial charge in [-0.25, -0.2) is 15.0 Å². The molecule has 0 aliphatic rings. The number of aromatic nitrogens is 3. The first-order valence-electron chi connectivity index (χ1n) is 5.60. The molecule has 1 aromatic carbocycles. The van der Waals surface area contributed by atoms with Gasteiger partial charge in [0.2, 0.25) is 0 Å². The third kappa shape index (κ3) is 2.41. The molecule has 3 N–H and O–H groups in total. The van der Waals surface area contributed by atoms with Crippen LogP contribution in [-0.4, -0.2) is 26.0 Å². The van der Waals surface area contributed by atoms with Crippen LogP contribution in [0.15, 0.2) is 56.5 Å². The molecule has 100 valence electrons. The molecule has 2 heterocycles. The van der Waals surface area contributed by atoms with Gasteiger partial charge >= 0.3 is 0 Å². The van der Waals surface area contributed by atoms with E-state index in [4.69, 9.17) is 15.4 Å². The molecule has 0 saturated heterocycles. The van der Waals surface area contributed by atoms with Crippen molar-refractivity contribution in [3.8, 4) is 0 Å². The molecule has 0 atom stereocenters. The lowest BCUT2D eigenvalue weighted by Crippen LogP contribution is -2.15. The first-order valence-corrected chi connectivity index (χ1v) is 6.42. The van der Waals surface area contributed by atoms with Gasteiger partial charge in [-0.3, -0.25) is 0 Å². The highest BCUT2D eigenvalue weighted by molar-refractivity contribution is 7.98. The molecule has 7 nitrogen and oxygen atoms in total. The fourth-order valence-electron chi connectivity index (χ4n) is 1.56. The van der Waals surface area contributed by atoms with Gasteiger partial charge in [0, 0.05) is 18.0 Å². The van der Waals surface area contributed by atoms with Crippen LogP contribution in [-0.2, 0) is 0 Å². The first-order chi connectivity index (χ1) is 9.76. The zero-order valence-electron chi connectivity index (χ0n) is 10.1. The summed E-state index contributed by atoms with van der Waals surface area (Å²) in [6.45, 7) is 0. The number of para-hydroxylation sites is 2. The van der Waals surface area contributed by atoms with Gasteiger partial charge in [0.1, 0.15) is 11.2 Å². The predicted molar refractivity (Wildman–Crippen MR) is 72.7 cm³/mol. The Morgan fingerprint density at radius 1 is 1.25 bits per heavy atom. The van der Waals surface area contributed by atoms with Crippen LogP contribution in [0.5, 0.6) is 0 Å². The number of fused-ring (bicyclic) bond motifs is 1. The number of benzene rings is 1. The number of hydrogen-bond donors (Lipinski definition) is 2. The molecule has 3 aromatic rings. The molecule has 20 heavy (non-hydrogen) atoms. The van der Waals surface area contributed by atoms with Gasteiger partial charge in [-0.1, -0.05) is 17.3 Å². The number of amidine groups is 1. The van der Waals surface area contributed by atoms with Crippen LogP contribution in [0, 0.1) is 0 Å². The van der Waals surface area contributed by atoms with Crippen molar-refractivity contribution in [3.63, 3.8) is 0 Å². The van der Waals surface area contributed by atoms with Crippen LogP contribution in [0.25, 0.3) is 11.1 Å². The second-order valence-electron chi connectivity index (χ2n) is 3.76. The largest absolute Gasteiger partial charge is 0.431 e. The summed E-state index contributed by atoms with van der Waals surface area (Å²) < 4.78 is 5.56. The third-order valence-corrected chi connectivity index (χ3v) is 3.19. The number of nitrogens with zero attached hydrogens (tertiary/aromatic N) is 4. The molecule has 3 rings (SSSR count). The van der Waals surface area contributed by atoms with Crippen molar-refractivity contribution in [3.05, 3.63) is 42.2 Å². The molecule has 0 aliphatic heterocycles. The van der Waals surface area contributed by atoms with Crippen molar-refractivity contribution in [2.45, 2.75) is 10.4 Å². The molecule has 0 spiro atoms. The van der Waals surface area contributed by atoms with E-state index in [1.807, 2.05) is 24.3 Å². The molecule has 0 bridgehead atoms. The summed E-state index contributed by atoms with van der Waals surface area (Å²) in [6, 6.07) is 8.99. The quantitative estimate of drug-likeness (QED) is 0.249. The maximum absolute atomic E-state index is 8.63. The first kappa shape index (κ1) is 12.4. The summed E-state index contributed by atoms with van der Waals surface area (Å²) in [4.78, 5) is 12.5. The van der Waals surface area contributed by atoms with E-state index in [0.29, 0.717) is 21.7 Å². The molecule has 0 saturated carbocycles. The molecule has 8 heteroatoms. The number of rotatable bonds is 3. The van der Waals surface area contributed by atoms with Gasteiger partial charge < -0.3 is 15.4 Å². The highest BCUT2D eigenvalue weighted by Crippen LogP contribution is 2.27. The number of oxime groups is 1. The lowest BCUT2D eigenvalue weighted by Gasteiger charge is -1.99. The van der Waals surface area contributed by atoms with Gasteiger partial charge in [-0.15, -0.1) is 0 Å². The maximum Gasteiger partial charge on any atom is 0.264 e. The molecule has 2 aromatic heterocycles. The van der Waals surface area contributed by atoms with Gasteiger partial charge in [0.15, 0.2) is 16.6 Å². The Kier molecular flexibility index (Phi) is 3.21. The van der Waals surface area contributed by atoms with Crippen LogP contribution >= 0.6 is 11.8 Å². The van der Waals surface area contributed by atoms with E-state index < -0.39 is 0 Å². The van der Waals surface area contributed by atoms with E-state index in [-0.39, 0.29) is 5.84 Å². The second-order valence-corrected chi connectivity index (χ2v) is 4.68. The van der Waals surface area contributed by atoms with Crippen molar-refractivity contribution in [1.82, 2.24) is 15.0 Å². The van der Waals surface area contributed by atoms with Gasteiger partial charge in [0.25, 0.3) is 5.22 Å². The van der Waals surface area contributed by atoms with E-state index in [2.05, 4.69) is 20.1 Å². The minimum absolute atomic E-state index is 0.0770. The third-order valence-electron chi connectivity index (χ3n) is 2.46. The molecule has 0 amide bonds. The summed E-state index contributed by atoms with van der Waals surface area (Å²) in [5.41, 5.74) is 7.28. The van der Waals surface area contributed by atoms with Crippen LogP contribution in [0.3, 0.4) is 0 Å². The topological polar surface area (TPSA) is 110 Å². The van der Waals surface area contributed by atoms with Crippen LogP contribution in [0.2, 0.25) is 0 Å². The van der Waals surface area contributed by atoms with E-state index in [9.17, 15) is 0 Å². The summed E-state index contributed by atoms with van der Waals surface area (Å²) in [5, 5.41) is 12.4. The highest BCUT2D eigenvalue weighted by atomic mass is 32.2. The average Bonchev–Trinajstić information content (AvgIpc) is 2.88. The number of oxazole rings is 1. The summed E-state index contributed by atoms with van der Waals surface area (Å²) in [5.74, 6) is -0.0770. The fourth-order valence-corrected chi connectivity index (χ4v) is 2.25. The smallest absolute Gasteiger partial charge is 0.264 e. The van der Waals surface area contributed by atoms with Crippen molar-refractivity contribution in [1.29, 1.82) is 0 Å². The zero-order chi connectivity index (χ0) is 13.9. The van der Waals surface area contributed by atoms with E-state index in [1.54, 1.807) is 6.07 Å². The average molecular weight is 287 g/mol. The van der Waals surface area contributed by atoms with Crippen molar-refractivity contribution in [2.24, 2.45) is 10.9 Å². The van der Waals surface area contributed by atoms with Gasteiger partial charge in [-0.2, -0.15) is 0 Å². The highest BCUT2D eigenvalue weighted by Gasteiger charge is 2.10. The van der Waals surface area contributed by atoms with Gasteiger partial charge in [0.05, 0.1) is 0 Å².